The van der Waals surface area contributed by atoms with E-state index in [0.29, 0.717) is 17.9 Å². The van der Waals surface area contributed by atoms with Crippen LogP contribution < -0.4 is 10.3 Å². The Balaban J connectivity index is 2.36. The zero-order valence-electron chi connectivity index (χ0n) is 10.8. The van der Waals surface area contributed by atoms with Gasteiger partial charge < -0.3 is 4.74 Å². The molecule has 0 radical (unpaired) electrons. The molecule has 1 aromatic heterocycles. The van der Waals surface area contributed by atoms with Gasteiger partial charge in [-0.1, -0.05) is 6.07 Å². The second-order valence-electron chi connectivity index (χ2n) is 4.12. The topological polar surface area (TPSA) is 67.9 Å². The van der Waals surface area contributed by atoms with E-state index in [1.165, 1.54) is 17.9 Å². The van der Waals surface area contributed by atoms with Gasteiger partial charge in [0.1, 0.15) is 11.8 Å². The van der Waals surface area contributed by atoms with Gasteiger partial charge >= 0.3 is 0 Å². The van der Waals surface area contributed by atoms with Gasteiger partial charge in [0.25, 0.3) is 5.56 Å². The molecule has 96 valence electrons. The highest BCUT2D eigenvalue weighted by Gasteiger charge is 2.05. The molecule has 0 atom stereocenters. The van der Waals surface area contributed by atoms with Crippen LogP contribution in [0.25, 0.3) is 0 Å². The summed E-state index contributed by atoms with van der Waals surface area (Å²) in [5.41, 5.74) is 1.95. The van der Waals surface area contributed by atoms with Crippen LogP contribution in [0.3, 0.4) is 0 Å². The van der Waals surface area contributed by atoms with E-state index in [4.69, 9.17) is 10.00 Å². The van der Waals surface area contributed by atoms with Crippen LogP contribution in [0.4, 0.5) is 0 Å². The van der Waals surface area contributed by atoms with Gasteiger partial charge in [-0.05, 0) is 30.7 Å². The number of nitrogens with zero attached hydrogens (tertiary/aromatic N) is 3. The summed E-state index contributed by atoms with van der Waals surface area (Å²) in [7, 11) is 1.51. The van der Waals surface area contributed by atoms with Crippen molar-refractivity contribution in [3.63, 3.8) is 0 Å². The number of aromatic nitrogens is 2. The third-order valence-corrected chi connectivity index (χ3v) is 2.72. The lowest BCUT2D eigenvalue weighted by Gasteiger charge is -2.08. The van der Waals surface area contributed by atoms with Gasteiger partial charge in [0, 0.05) is 6.07 Å². The van der Waals surface area contributed by atoms with Crippen LogP contribution >= 0.6 is 0 Å². The molecule has 0 unspecified atom stereocenters. The number of ether oxygens (including phenoxy) is 1. The summed E-state index contributed by atoms with van der Waals surface area (Å²) < 4.78 is 6.52. The number of benzene rings is 1. The molecule has 0 saturated heterocycles. The molecule has 0 spiro atoms. The van der Waals surface area contributed by atoms with Gasteiger partial charge in [0.15, 0.2) is 0 Å². The van der Waals surface area contributed by atoms with Crippen molar-refractivity contribution < 1.29 is 4.74 Å². The van der Waals surface area contributed by atoms with Gasteiger partial charge in [0.2, 0.25) is 0 Å². The highest BCUT2D eigenvalue weighted by Crippen LogP contribution is 2.19. The second-order valence-corrected chi connectivity index (χ2v) is 4.12. The number of methoxy groups -OCH3 is 1. The second kappa shape index (κ2) is 5.36. The van der Waals surface area contributed by atoms with Crippen molar-refractivity contribution in [2.24, 2.45) is 0 Å². The Hall–Kier alpha value is -2.61. The number of rotatable bonds is 3. The van der Waals surface area contributed by atoms with Crippen molar-refractivity contribution in [3.05, 3.63) is 57.5 Å². The molecule has 0 saturated carbocycles. The molecule has 1 aromatic carbocycles. The molecule has 0 aliphatic heterocycles. The molecule has 0 N–H and O–H groups in total. The van der Waals surface area contributed by atoms with E-state index in [0.717, 1.165) is 11.3 Å². The minimum absolute atomic E-state index is 0.158. The fraction of sp³-hybridized carbons (Fsp3) is 0.214. The first-order chi connectivity index (χ1) is 9.13. The Morgan fingerprint density at radius 2 is 2.16 bits per heavy atom. The Labute approximate surface area is 110 Å². The minimum atomic E-state index is -0.158. The summed E-state index contributed by atoms with van der Waals surface area (Å²) in [6.07, 6.45) is 0. The van der Waals surface area contributed by atoms with E-state index < -0.39 is 0 Å². The Morgan fingerprint density at radius 1 is 1.37 bits per heavy atom. The van der Waals surface area contributed by atoms with Gasteiger partial charge in [-0.15, -0.1) is 0 Å². The quantitative estimate of drug-likeness (QED) is 0.833. The molecule has 19 heavy (non-hydrogen) atoms. The Morgan fingerprint density at radius 3 is 2.84 bits per heavy atom. The highest BCUT2D eigenvalue weighted by molar-refractivity contribution is 5.45. The van der Waals surface area contributed by atoms with E-state index in [1.54, 1.807) is 24.3 Å². The van der Waals surface area contributed by atoms with Gasteiger partial charge in [0.05, 0.1) is 24.9 Å². The van der Waals surface area contributed by atoms with E-state index in [-0.39, 0.29) is 5.56 Å². The maximum atomic E-state index is 11.7. The van der Waals surface area contributed by atoms with Gasteiger partial charge in [-0.25, -0.2) is 4.68 Å². The van der Waals surface area contributed by atoms with Gasteiger partial charge in [-0.2, -0.15) is 10.4 Å². The fourth-order valence-electron chi connectivity index (χ4n) is 1.76. The van der Waals surface area contributed by atoms with Crippen molar-refractivity contribution in [1.29, 1.82) is 5.26 Å². The molecule has 0 amide bonds. The zero-order valence-corrected chi connectivity index (χ0v) is 10.8. The molecule has 5 heteroatoms. The zero-order chi connectivity index (χ0) is 13.8. The lowest BCUT2D eigenvalue weighted by atomic mass is 10.1. The van der Waals surface area contributed by atoms with Crippen LogP contribution in [0, 0.1) is 18.3 Å². The predicted octanol–water partition coefficient (Wildman–Crippen LogP) is 1.48. The average Bonchev–Trinajstić information content (AvgIpc) is 2.42. The van der Waals surface area contributed by atoms with Crippen LogP contribution in [-0.4, -0.2) is 16.9 Å². The summed E-state index contributed by atoms with van der Waals surface area (Å²) in [6, 6.07) is 10.4. The molecule has 0 aliphatic rings. The predicted molar refractivity (Wildman–Crippen MR) is 70.0 cm³/mol. The first kappa shape index (κ1) is 12.8. The summed E-state index contributed by atoms with van der Waals surface area (Å²) in [5, 5.41) is 13.1. The normalized spacial score (nSPS) is 9.95. The maximum Gasteiger partial charge on any atom is 0.267 e. The first-order valence-corrected chi connectivity index (χ1v) is 5.76. The smallest absolute Gasteiger partial charge is 0.267 e. The van der Waals surface area contributed by atoms with E-state index in [1.807, 2.05) is 13.0 Å². The molecule has 0 fully saturated rings. The average molecular weight is 255 g/mol. The Bertz CT molecular complexity index is 699. The molecular formula is C14H13N3O2. The van der Waals surface area contributed by atoms with Crippen molar-refractivity contribution in [1.82, 2.24) is 9.78 Å². The number of nitriles is 1. The number of aryl methyl sites for hydroxylation is 1. The van der Waals surface area contributed by atoms with Crippen molar-refractivity contribution in [3.8, 4) is 11.8 Å². The van der Waals surface area contributed by atoms with Crippen LogP contribution in [0.1, 0.15) is 16.8 Å². The lowest BCUT2D eigenvalue weighted by molar-refractivity contribution is 0.412. The summed E-state index contributed by atoms with van der Waals surface area (Å²) >= 11 is 0. The van der Waals surface area contributed by atoms with Crippen LogP contribution in [0.2, 0.25) is 0 Å². The van der Waals surface area contributed by atoms with Crippen LogP contribution in [-0.2, 0) is 6.54 Å². The minimum Gasteiger partial charge on any atom is -0.495 e. The molecule has 1 heterocycles. The molecule has 2 rings (SSSR count). The summed E-state index contributed by atoms with van der Waals surface area (Å²) in [4.78, 5) is 11.7. The van der Waals surface area contributed by atoms with E-state index in [9.17, 15) is 4.79 Å². The van der Waals surface area contributed by atoms with Crippen molar-refractivity contribution in [2.75, 3.05) is 7.11 Å². The third kappa shape index (κ3) is 2.80. The fourth-order valence-corrected chi connectivity index (χ4v) is 1.76. The van der Waals surface area contributed by atoms with Gasteiger partial charge in [-0.3, -0.25) is 4.79 Å². The standard InChI is InChI=1S/C14H13N3O2/c1-10-3-6-14(18)17(16-10)9-11-4-5-12(8-15)13(7-11)19-2/h3-7H,9H2,1-2H3. The van der Waals surface area contributed by atoms with E-state index in [2.05, 4.69) is 5.10 Å². The molecular weight excluding hydrogens is 242 g/mol. The van der Waals surface area contributed by atoms with Crippen molar-refractivity contribution >= 4 is 0 Å². The summed E-state index contributed by atoms with van der Waals surface area (Å²) in [6.45, 7) is 2.18. The van der Waals surface area contributed by atoms with Crippen LogP contribution in [0.5, 0.6) is 5.75 Å². The van der Waals surface area contributed by atoms with E-state index >= 15 is 0 Å². The summed E-state index contributed by atoms with van der Waals surface area (Å²) in [5.74, 6) is 0.501. The molecule has 0 aliphatic carbocycles. The first-order valence-electron chi connectivity index (χ1n) is 5.76. The molecule has 0 bridgehead atoms. The molecule has 2 aromatic rings. The highest BCUT2D eigenvalue weighted by atomic mass is 16.5. The van der Waals surface area contributed by atoms with Crippen molar-refractivity contribution in [2.45, 2.75) is 13.5 Å². The SMILES string of the molecule is COc1cc(Cn2nc(C)ccc2=O)ccc1C#N. The molecule has 5 nitrogen and oxygen atoms in total. The number of hydrogen-bond donors (Lipinski definition) is 0. The third-order valence-electron chi connectivity index (χ3n) is 2.72. The monoisotopic (exact) mass is 255 g/mol. The largest absolute Gasteiger partial charge is 0.495 e. The van der Waals surface area contributed by atoms with Crippen LogP contribution in [0.15, 0.2) is 35.1 Å². The number of hydrogen-bond acceptors (Lipinski definition) is 4. The Kier molecular flexibility index (Phi) is 3.62. The maximum absolute atomic E-state index is 11.7. The lowest BCUT2D eigenvalue weighted by Crippen LogP contribution is -2.23.